The minimum absolute atomic E-state index is 0.0104. The van der Waals surface area contributed by atoms with Crippen LogP contribution in [0.2, 0.25) is 0 Å². The van der Waals surface area contributed by atoms with Gasteiger partial charge in [0.2, 0.25) is 5.88 Å². The van der Waals surface area contributed by atoms with Gasteiger partial charge in [0.1, 0.15) is 0 Å². The summed E-state index contributed by atoms with van der Waals surface area (Å²) in [5, 5.41) is 10.1. The molecule has 5 heterocycles. The van der Waals surface area contributed by atoms with Gasteiger partial charge in [0.25, 0.3) is 0 Å². The Kier molecular flexibility index (Phi) is 5.89. The smallest absolute Gasteiger partial charge is 0.250 e. The first kappa shape index (κ1) is 20.4. The van der Waals surface area contributed by atoms with E-state index in [0.717, 1.165) is 43.7 Å². The summed E-state index contributed by atoms with van der Waals surface area (Å²) < 4.78 is 27.1. The van der Waals surface area contributed by atoms with E-state index in [1.54, 1.807) is 6.20 Å². The van der Waals surface area contributed by atoms with Crippen molar-refractivity contribution in [3.63, 3.8) is 0 Å². The van der Waals surface area contributed by atoms with Gasteiger partial charge < -0.3 is 14.8 Å². The van der Waals surface area contributed by atoms with Crippen molar-refractivity contribution in [3.8, 4) is 5.88 Å². The molecule has 8 nitrogen and oxygen atoms in total. The summed E-state index contributed by atoms with van der Waals surface area (Å²) in [6.45, 7) is 4.42. The third-order valence-electron chi connectivity index (χ3n) is 6.38. The molecule has 1 unspecified atom stereocenters. The molecule has 0 spiro atoms. The number of hydrogen-bond donors (Lipinski definition) is 2. The van der Waals surface area contributed by atoms with Crippen LogP contribution in [0.4, 0.5) is 10.1 Å². The van der Waals surface area contributed by atoms with Crippen molar-refractivity contribution >= 4 is 5.69 Å². The Bertz CT molecular complexity index is 955. The molecule has 2 aromatic heterocycles. The van der Waals surface area contributed by atoms with Gasteiger partial charge in [-0.25, -0.2) is 14.8 Å². The lowest BCUT2D eigenvalue weighted by Crippen LogP contribution is -2.34. The van der Waals surface area contributed by atoms with Crippen molar-refractivity contribution in [2.24, 2.45) is 5.92 Å². The molecule has 2 aromatic rings. The summed E-state index contributed by atoms with van der Waals surface area (Å²) in [6.07, 6.45) is 9.63. The molecule has 0 radical (unpaired) electrons. The second-order valence-electron chi connectivity index (χ2n) is 8.36. The topological polar surface area (TPSA) is 76.5 Å². The number of rotatable bonds is 5. The number of pyridine rings is 1. The fraction of sp³-hybridized carbons (Fsp3) is 0.545. The minimum atomic E-state index is -0.456. The lowest BCUT2D eigenvalue weighted by molar-refractivity contribution is 0.144. The van der Waals surface area contributed by atoms with E-state index in [9.17, 15) is 4.39 Å². The number of hydrazine groups is 1. The maximum atomic E-state index is 14.4. The summed E-state index contributed by atoms with van der Waals surface area (Å²) in [5.74, 6) is 0.209. The van der Waals surface area contributed by atoms with Crippen LogP contribution in [0.1, 0.15) is 37.3 Å². The van der Waals surface area contributed by atoms with E-state index in [1.807, 2.05) is 10.9 Å². The molecule has 1 saturated heterocycles. The molecule has 9 heteroatoms. The molecular weight excluding hydrogens is 399 g/mol. The SMILES string of the molecule is COc1ncc(C2NN(c3cnn(CC4CCNCC4)c3)C3=C2CCOCC3)cc1F. The van der Waals surface area contributed by atoms with Gasteiger partial charge in [-0.2, -0.15) is 5.10 Å². The fourth-order valence-electron chi connectivity index (χ4n) is 4.76. The van der Waals surface area contributed by atoms with Crippen LogP contribution in [0.25, 0.3) is 0 Å². The highest BCUT2D eigenvalue weighted by Crippen LogP contribution is 2.39. The van der Waals surface area contributed by atoms with Crippen LogP contribution in [0.5, 0.6) is 5.88 Å². The van der Waals surface area contributed by atoms with Crippen LogP contribution in [-0.2, 0) is 11.3 Å². The monoisotopic (exact) mass is 428 g/mol. The second-order valence-corrected chi connectivity index (χ2v) is 8.36. The van der Waals surface area contributed by atoms with Crippen LogP contribution in [-0.4, -0.2) is 48.2 Å². The van der Waals surface area contributed by atoms with Crippen molar-refractivity contribution in [1.82, 2.24) is 25.5 Å². The van der Waals surface area contributed by atoms with E-state index in [-0.39, 0.29) is 11.9 Å². The molecular formula is C22H29FN6O2. The molecule has 31 heavy (non-hydrogen) atoms. The van der Waals surface area contributed by atoms with Crippen LogP contribution >= 0.6 is 0 Å². The Labute approximate surface area is 181 Å². The van der Waals surface area contributed by atoms with Gasteiger partial charge in [-0.3, -0.25) is 9.69 Å². The number of ether oxygens (including phenoxy) is 2. The summed E-state index contributed by atoms with van der Waals surface area (Å²) in [7, 11) is 1.42. The number of nitrogens with zero attached hydrogens (tertiary/aromatic N) is 4. The van der Waals surface area contributed by atoms with Crippen LogP contribution in [0.15, 0.2) is 35.9 Å². The molecule has 1 atom stereocenters. The zero-order chi connectivity index (χ0) is 21.2. The molecule has 0 saturated carbocycles. The normalized spacial score (nSPS) is 22.5. The van der Waals surface area contributed by atoms with Crippen molar-refractivity contribution in [2.75, 3.05) is 38.4 Å². The lowest BCUT2D eigenvalue weighted by atomic mass is 9.97. The highest BCUT2D eigenvalue weighted by molar-refractivity contribution is 5.54. The molecule has 0 bridgehead atoms. The first-order valence-electron chi connectivity index (χ1n) is 11.0. The van der Waals surface area contributed by atoms with Gasteiger partial charge in [0.15, 0.2) is 5.82 Å². The Morgan fingerprint density at radius 3 is 2.87 bits per heavy atom. The van der Waals surface area contributed by atoms with E-state index in [0.29, 0.717) is 19.1 Å². The third-order valence-corrected chi connectivity index (χ3v) is 6.38. The highest BCUT2D eigenvalue weighted by Gasteiger charge is 2.35. The van der Waals surface area contributed by atoms with Crippen molar-refractivity contribution in [1.29, 1.82) is 0 Å². The van der Waals surface area contributed by atoms with E-state index in [2.05, 4.69) is 32.0 Å². The predicted octanol–water partition coefficient (Wildman–Crippen LogP) is 2.56. The van der Waals surface area contributed by atoms with E-state index in [1.165, 1.54) is 37.3 Å². The standard InChI is InChI=1S/C22H29FN6O2/c1-30-22-19(23)10-16(11-25-22)21-18-4-8-31-9-5-20(18)29(27-21)17-12-26-28(14-17)13-15-2-6-24-7-3-15/h10-12,14-15,21,24,27H,2-9,13H2,1H3. The number of hydrogen-bond acceptors (Lipinski definition) is 7. The fourth-order valence-corrected chi connectivity index (χ4v) is 4.76. The minimum Gasteiger partial charge on any atom is -0.479 e. The van der Waals surface area contributed by atoms with Gasteiger partial charge in [-0.15, -0.1) is 0 Å². The largest absolute Gasteiger partial charge is 0.479 e. The first-order valence-corrected chi connectivity index (χ1v) is 11.0. The summed E-state index contributed by atoms with van der Waals surface area (Å²) in [6, 6.07) is 1.35. The van der Waals surface area contributed by atoms with Crippen molar-refractivity contribution in [3.05, 3.63) is 47.3 Å². The number of halogens is 1. The molecule has 166 valence electrons. The van der Waals surface area contributed by atoms with Crippen LogP contribution in [0.3, 0.4) is 0 Å². The van der Waals surface area contributed by atoms with Gasteiger partial charge in [0, 0.05) is 24.9 Å². The Balaban J connectivity index is 1.40. The van der Waals surface area contributed by atoms with E-state index >= 15 is 0 Å². The molecule has 2 N–H and O–H groups in total. The lowest BCUT2D eigenvalue weighted by Gasteiger charge is -2.23. The Morgan fingerprint density at radius 2 is 2.06 bits per heavy atom. The average molecular weight is 429 g/mol. The molecule has 0 aliphatic carbocycles. The third kappa shape index (κ3) is 4.17. The van der Waals surface area contributed by atoms with Gasteiger partial charge in [0.05, 0.1) is 44.4 Å². The number of nitrogens with one attached hydrogen (secondary N) is 2. The molecule has 0 amide bonds. The molecule has 5 rings (SSSR count). The number of anilines is 1. The predicted molar refractivity (Wildman–Crippen MR) is 114 cm³/mol. The maximum absolute atomic E-state index is 14.4. The van der Waals surface area contributed by atoms with E-state index < -0.39 is 5.82 Å². The highest BCUT2D eigenvalue weighted by atomic mass is 19.1. The molecule has 0 aromatic carbocycles. The quantitative estimate of drug-likeness (QED) is 0.758. The second kappa shape index (κ2) is 8.94. The van der Waals surface area contributed by atoms with E-state index in [4.69, 9.17) is 9.47 Å². The summed E-state index contributed by atoms with van der Waals surface area (Å²) in [5.41, 5.74) is 7.73. The summed E-state index contributed by atoms with van der Waals surface area (Å²) in [4.78, 5) is 4.14. The zero-order valence-corrected chi connectivity index (χ0v) is 17.8. The number of piperidine rings is 1. The van der Waals surface area contributed by atoms with Gasteiger partial charge in [-0.1, -0.05) is 0 Å². The van der Waals surface area contributed by atoms with Crippen LogP contribution in [0, 0.1) is 11.7 Å². The van der Waals surface area contributed by atoms with Crippen molar-refractivity contribution in [2.45, 2.75) is 38.3 Å². The maximum Gasteiger partial charge on any atom is 0.250 e. The summed E-state index contributed by atoms with van der Waals surface area (Å²) >= 11 is 0. The molecule has 3 aliphatic rings. The van der Waals surface area contributed by atoms with Crippen LogP contribution < -0.4 is 20.5 Å². The Hall–Kier alpha value is -2.49. The number of aromatic nitrogens is 3. The zero-order valence-electron chi connectivity index (χ0n) is 17.8. The number of methoxy groups -OCH3 is 1. The van der Waals surface area contributed by atoms with Gasteiger partial charge >= 0.3 is 0 Å². The van der Waals surface area contributed by atoms with Crippen molar-refractivity contribution < 1.29 is 13.9 Å². The van der Waals surface area contributed by atoms with Gasteiger partial charge in [-0.05, 0) is 55.5 Å². The molecule has 3 aliphatic heterocycles. The Morgan fingerprint density at radius 1 is 1.23 bits per heavy atom. The molecule has 1 fully saturated rings. The first-order chi connectivity index (χ1) is 15.2. The average Bonchev–Trinajstić information content (AvgIpc) is 3.31.